The van der Waals surface area contributed by atoms with Crippen molar-refractivity contribution in [2.24, 2.45) is 0 Å². The third-order valence-electron chi connectivity index (χ3n) is 4.97. The van der Waals surface area contributed by atoms with Crippen molar-refractivity contribution in [1.29, 1.82) is 0 Å². The third kappa shape index (κ3) is 5.83. The predicted molar refractivity (Wildman–Crippen MR) is 127 cm³/mol. The van der Waals surface area contributed by atoms with Gasteiger partial charge < -0.3 is 9.64 Å². The Morgan fingerprint density at radius 2 is 1.70 bits per heavy atom. The number of sulfonamides is 1. The molecule has 0 aliphatic rings. The van der Waals surface area contributed by atoms with Gasteiger partial charge >= 0.3 is 0 Å². The van der Waals surface area contributed by atoms with Crippen LogP contribution < -0.4 is 9.64 Å². The molecule has 0 spiro atoms. The van der Waals surface area contributed by atoms with Gasteiger partial charge in [-0.2, -0.15) is 4.31 Å². The van der Waals surface area contributed by atoms with Crippen LogP contribution in [0.1, 0.15) is 5.56 Å². The molecular weight excluding hydrogens is 490 g/mol. The first kappa shape index (κ1) is 25.0. The highest BCUT2D eigenvalue weighted by molar-refractivity contribution is 7.89. The monoisotopic (exact) mass is 510 g/mol. The number of rotatable bonds is 8. The molecule has 3 aromatic rings. The van der Waals surface area contributed by atoms with Crippen molar-refractivity contribution in [3.63, 3.8) is 0 Å². The Morgan fingerprint density at radius 3 is 2.33 bits per heavy atom. The number of halogens is 3. The molecule has 3 aromatic carbocycles. The lowest BCUT2D eigenvalue weighted by Gasteiger charge is -2.25. The number of hydrogen-bond donors (Lipinski definition) is 0. The van der Waals surface area contributed by atoms with Gasteiger partial charge in [0.15, 0.2) is 0 Å². The van der Waals surface area contributed by atoms with Crippen LogP contribution in [-0.4, -0.2) is 39.3 Å². The van der Waals surface area contributed by atoms with Gasteiger partial charge in [0.1, 0.15) is 11.6 Å². The summed E-state index contributed by atoms with van der Waals surface area (Å²) in [7, 11) is -1.18. The zero-order valence-electron chi connectivity index (χ0n) is 17.8. The average Bonchev–Trinajstić information content (AvgIpc) is 2.80. The summed E-state index contributed by atoms with van der Waals surface area (Å²) in [5.41, 5.74) is 0.473. The van der Waals surface area contributed by atoms with Crippen LogP contribution in [0.3, 0.4) is 0 Å². The molecule has 3 rings (SSSR count). The first-order valence-electron chi connectivity index (χ1n) is 9.72. The summed E-state index contributed by atoms with van der Waals surface area (Å²) in [4.78, 5) is 14.3. The number of amides is 1. The molecule has 0 aliphatic heterocycles. The zero-order chi connectivity index (χ0) is 24.2. The van der Waals surface area contributed by atoms with Crippen molar-refractivity contribution in [3.8, 4) is 5.75 Å². The van der Waals surface area contributed by atoms with E-state index in [0.29, 0.717) is 16.5 Å². The van der Waals surface area contributed by atoms with Gasteiger partial charge in [-0.15, -0.1) is 0 Å². The van der Waals surface area contributed by atoms with Crippen molar-refractivity contribution in [2.75, 3.05) is 25.6 Å². The lowest BCUT2D eigenvalue weighted by atomic mass is 10.2. The SMILES string of the molecule is COc1cccc(N(C)C(=O)CN(Cc2c(F)cccc2Cl)S(=O)(=O)c2ccc(Cl)cc2)c1. The summed E-state index contributed by atoms with van der Waals surface area (Å²) in [6.07, 6.45) is 0. The van der Waals surface area contributed by atoms with E-state index in [4.69, 9.17) is 27.9 Å². The van der Waals surface area contributed by atoms with Crippen LogP contribution in [0, 0.1) is 5.82 Å². The van der Waals surface area contributed by atoms with Gasteiger partial charge in [-0.1, -0.05) is 35.3 Å². The molecule has 0 saturated heterocycles. The highest BCUT2D eigenvalue weighted by atomic mass is 35.5. The molecule has 0 aromatic heterocycles. The summed E-state index contributed by atoms with van der Waals surface area (Å²) in [6, 6.07) is 16.3. The van der Waals surface area contributed by atoms with E-state index in [1.54, 1.807) is 24.3 Å². The van der Waals surface area contributed by atoms with E-state index >= 15 is 0 Å². The Labute approximate surface area is 202 Å². The number of methoxy groups -OCH3 is 1. The smallest absolute Gasteiger partial charge is 0.243 e. The van der Waals surface area contributed by atoms with Crippen LogP contribution in [0.25, 0.3) is 0 Å². The van der Waals surface area contributed by atoms with E-state index in [0.717, 1.165) is 4.31 Å². The fraction of sp³-hybridized carbons (Fsp3) is 0.174. The van der Waals surface area contributed by atoms with E-state index in [9.17, 15) is 17.6 Å². The average molecular weight is 511 g/mol. The summed E-state index contributed by atoms with van der Waals surface area (Å²) in [5.74, 6) is -0.670. The molecule has 0 heterocycles. The van der Waals surface area contributed by atoms with Gasteiger partial charge in [0.25, 0.3) is 0 Å². The summed E-state index contributed by atoms with van der Waals surface area (Å²) >= 11 is 12.0. The maximum atomic E-state index is 14.5. The van der Waals surface area contributed by atoms with Gasteiger partial charge in [-0.25, -0.2) is 12.8 Å². The van der Waals surface area contributed by atoms with Crippen molar-refractivity contribution in [3.05, 3.63) is 88.2 Å². The van der Waals surface area contributed by atoms with Crippen LogP contribution in [-0.2, 0) is 21.4 Å². The maximum absolute atomic E-state index is 14.5. The fourth-order valence-corrected chi connectivity index (χ4v) is 4.77. The Kier molecular flexibility index (Phi) is 7.97. The number of anilines is 1. The van der Waals surface area contributed by atoms with E-state index in [-0.39, 0.29) is 15.5 Å². The molecule has 10 heteroatoms. The molecular formula is C23H21Cl2FN2O4S. The lowest BCUT2D eigenvalue weighted by molar-refractivity contribution is -0.118. The molecule has 0 aliphatic carbocycles. The van der Waals surface area contributed by atoms with Crippen molar-refractivity contribution in [1.82, 2.24) is 4.31 Å². The quantitative estimate of drug-likeness (QED) is 0.427. The number of ether oxygens (including phenoxy) is 1. The Hall–Kier alpha value is -2.65. The van der Waals surface area contributed by atoms with Crippen LogP contribution in [0.5, 0.6) is 5.75 Å². The molecule has 0 saturated carbocycles. The van der Waals surface area contributed by atoms with Gasteiger partial charge in [-0.05, 0) is 48.5 Å². The second-order valence-electron chi connectivity index (χ2n) is 7.08. The van der Waals surface area contributed by atoms with E-state index < -0.39 is 34.8 Å². The minimum atomic E-state index is -4.20. The molecule has 0 radical (unpaired) electrons. The van der Waals surface area contributed by atoms with E-state index in [1.165, 1.54) is 61.5 Å². The molecule has 6 nitrogen and oxygen atoms in total. The molecule has 0 fully saturated rings. The third-order valence-corrected chi connectivity index (χ3v) is 7.39. The van der Waals surface area contributed by atoms with Crippen molar-refractivity contribution >= 4 is 44.8 Å². The Balaban J connectivity index is 1.97. The molecule has 33 heavy (non-hydrogen) atoms. The number of benzene rings is 3. The van der Waals surface area contributed by atoms with Crippen molar-refractivity contribution in [2.45, 2.75) is 11.4 Å². The highest BCUT2D eigenvalue weighted by Gasteiger charge is 2.30. The molecule has 0 N–H and O–H groups in total. The van der Waals surface area contributed by atoms with Crippen molar-refractivity contribution < 1.29 is 22.3 Å². The van der Waals surface area contributed by atoms with Gasteiger partial charge in [0.05, 0.1) is 18.6 Å². The van der Waals surface area contributed by atoms with Gasteiger partial charge in [0, 0.05) is 41.0 Å². The van der Waals surface area contributed by atoms with Crippen LogP contribution in [0.15, 0.2) is 71.6 Å². The number of nitrogens with zero attached hydrogens (tertiary/aromatic N) is 2. The molecule has 0 bridgehead atoms. The predicted octanol–water partition coefficient (Wildman–Crippen LogP) is 5.00. The van der Waals surface area contributed by atoms with Crippen LogP contribution >= 0.6 is 23.2 Å². The highest BCUT2D eigenvalue weighted by Crippen LogP contribution is 2.26. The number of likely N-dealkylation sites (N-methyl/N-ethyl adjacent to an activating group) is 1. The standard InChI is InChI=1S/C23H21Cl2FN2O4S/c1-27(17-5-3-6-18(13-17)32-2)23(29)15-28(14-20-21(25)7-4-8-22(20)26)33(30,31)19-11-9-16(24)10-12-19/h3-13H,14-15H2,1-2H3. The van der Waals surface area contributed by atoms with E-state index in [1.807, 2.05) is 0 Å². The number of hydrogen-bond acceptors (Lipinski definition) is 4. The lowest BCUT2D eigenvalue weighted by Crippen LogP contribution is -2.41. The second-order valence-corrected chi connectivity index (χ2v) is 9.86. The largest absolute Gasteiger partial charge is 0.497 e. The minimum absolute atomic E-state index is 0.0338. The van der Waals surface area contributed by atoms with Crippen LogP contribution in [0.4, 0.5) is 10.1 Å². The number of carbonyl (C=O) groups excluding carboxylic acids is 1. The molecule has 0 unspecified atom stereocenters. The fourth-order valence-electron chi connectivity index (χ4n) is 3.06. The van der Waals surface area contributed by atoms with E-state index in [2.05, 4.69) is 0 Å². The van der Waals surface area contributed by atoms with Gasteiger partial charge in [0.2, 0.25) is 15.9 Å². The Bertz CT molecular complexity index is 1230. The first-order chi connectivity index (χ1) is 15.6. The summed E-state index contributed by atoms with van der Waals surface area (Å²) < 4.78 is 47.3. The zero-order valence-corrected chi connectivity index (χ0v) is 20.2. The Morgan fingerprint density at radius 1 is 1.03 bits per heavy atom. The topological polar surface area (TPSA) is 66.9 Å². The normalized spacial score (nSPS) is 11.5. The van der Waals surface area contributed by atoms with Crippen LogP contribution in [0.2, 0.25) is 10.0 Å². The first-order valence-corrected chi connectivity index (χ1v) is 11.9. The molecule has 0 atom stereocenters. The molecule has 174 valence electrons. The summed E-state index contributed by atoms with van der Waals surface area (Å²) in [6.45, 7) is -0.989. The minimum Gasteiger partial charge on any atom is -0.497 e. The summed E-state index contributed by atoms with van der Waals surface area (Å²) in [5, 5.41) is 0.409. The molecule has 1 amide bonds. The number of carbonyl (C=O) groups is 1. The second kappa shape index (κ2) is 10.5. The maximum Gasteiger partial charge on any atom is 0.243 e. The van der Waals surface area contributed by atoms with Gasteiger partial charge in [-0.3, -0.25) is 4.79 Å².